The smallest absolute Gasteiger partial charge is 0.120 e. The van der Waals surface area contributed by atoms with E-state index in [1.54, 1.807) is 19.2 Å². The highest BCUT2D eigenvalue weighted by Gasteiger charge is 2.20. The van der Waals surface area contributed by atoms with Crippen molar-refractivity contribution < 1.29 is 14.9 Å². The van der Waals surface area contributed by atoms with Crippen molar-refractivity contribution in [3.63, 3.8) is 0 Å². The Bertz CT molecular complexity index is 428. The lowest BCUT2D eigenvalue weighted by atomic mass is 9.87. The van der Waals surface area contributed by atoms with Crippen LogP contribution in [0.4, 0.5) is 0 Å². The summed E-state index contributed by atoms with van der Waals surface area (Å²) in [5, 5.41) is 22.9. The highest BCUT2D eigenvalue weighted by molar-refractivity contribution is 5.41. The molecule has 0 spiro atoms. The number of benzene rings is 1. The SMILES string of the molecule is COc1ccc(O)c(C(C)NCC2CCC(O)CC2)c1. The summed E-state index contributed by atoms with van der Waals surface area (Å²) in [7, 11) is 1.63. The summed E-state index contributed by atoms with van der Waals surface area (Å²) in [4.78, 5) is 0. The fourth-order valence-electron chi connectivity index (χ4n) is 2.81. The van der Waals surface area contributed by atoms with E-state index in [1.807, 2.05) is 13.0 Å². The number of methoxy groups -OCH3 is 1. The van der Waals surface area contributed by atoms with E-state index in [2.05, 4.69) is 5.32 Å². The van der Waals surface area contributed by atoms with Crippen molar-refractivity contribution in [3.8, 4) is 11.5 Å². The summed E-state index contributed by atoms with van der Waals surface area (Å²) in [6, 6.07) is 5.38. The molecule has 1 aliphatic rings. The molecule has 3 N–H and O–H groups in total. The van der Waals surface area contributed by atoms with Gasteiger partial charge in [0.15, 0.2) is 0 Å². The van der Waals surface area contributed by atoms with E-state index in [1.165, 1.54) is 0 Å². The molecule has 20 heavy (non-hydrogen) atoms. The van der Waals surface area contributed by atoms with Gasteiger partial charge in [0, 0.05) is 11.6 Å². The molecular formula is C16H25NO3. The summed E-state index contributed by atoms with van der Waals surface area (Å²) in [5.41, 5.74) is 0.861. The predicted molar refractivity (Wildman–Crippen MR) is 79.0 cm³/mol. The number of phenolic OH excluding ortho intramolecular Hbond substituents is 1. The van der Waals surface area contributed by atoms with E-state index in [0.29, 0.717) is 11.7 Å². The Morgan fingerprint density at radius 3 is 2.65 bits per heavy atom. The standard InChI is InChI=1S/C16H25NO3/c1-11(15-9-14(20-2)7-8-16(15)19)17-10-12-3-5-13(18)6-4-12/h7-9,11-13,17-19H,3-6,10H2,1-2H3. The monoisotopic (exact) mass is 279 g/mol. The molecule has 0 aromatic heterocycles. The summed E-state index contributed by atoms with van der Waals surface area (Å²) < 4.78 is 5.20. The summed E-state index contributed by atoms with van der Waals surface area (Å²) >= 11 is 0. The molecule has 4 heteroatoms. The molecule has 0 amide bonds. The molecule has 0 radical (unpaired) electrons. The molecule has 0 bridgehead atoms. The Hall–Kier alpha value is -1.26. The molecule has 2 rings (SSSR count). The van der Waals surface area contributed by atoms with Crippen molar-refractivity contribution >= 4 is 0 Å². The highest BCUT2D eigenvalue weighted by Crippen LogP contribution is 2.29. The van der Waals surface area contributed by atoms with Gasteiger partial charge in [-0.2, -0.15) is 0 Å². The van der Waals surface area contributed by atoms with Gasteiger partial charge in [-0.3, -0.25) is 0 Å². The minimum Gasteiger partial charge on any atom is -0.508 e. The van der Waals surface area contributed by atoms with Crippen molar-refractivity contribution in [3.05, 3.63) is 23.8 Å². The number of phenols is 1. The quantitative estimate of drug-likeness (QED) is 0.775. The van der Waals surface area contributed by atoms with Gasteiger partial charge in [0.1, 0.15) is 11.5 Å². The van der Waals surface area contributed by atoms with Crippen LogP contribution >= 0.6 is 0 Å². The number of aliphatic hydroxyl groups is 1. The average molecular weight is 279 g/mol. The molecule has 1 aliphatic carbocycles. The Morgan fingerprint density at radius 2 is 2.00 bits per heavy atom. The second-order valence-electron chi connectivity index (χ2n) is 5.73. The zero-order valence-electron chi connectivity index (χ0n) is 12.3. The van der Waals surface area contributed by atoms with Crippen molar-refractivity contribution in [2.75, 3.05) is 13.7 Å². The molecule has 1 aromatic carbocycles. The summed E-state index contributed by atoms with van der Waals surface area (Å²) in [5.74, 6) is 1.67. The normalized spacial score (nSPS) is 24.4. The van der Waals surface area contributed by atoms with E-state index in [-0.39, 0.29) is 12.1 Å². The van der Waals surface area contributed by atoms with Crippen LogP contribution in [0.25, 0.3) is 0 Å². The van der Waals surface area contributed by atoms with Crippen LogP contribution in [-0.4, -0.2) is 30.0 Å². The molecule has 0 heterocycles. The minimum absolute atomic E-state index is 0.0805. The maximum Gasteiger partial charge on any atom is 0.120 e. The fraction of sp³-hybridized carbons (Fsp3) is 0.625. The van der Waals surface area contributed by atoms with Gasteiger partial charge < -0.3 is 20.3 Å². The van der Waals surface area contributed by atoms with Gasteiger partial charge in [0.2, 0.25) is 0 Å². The molecule has 1 unspecified atom stereocenters. The molecule has 1 atom stereocenters. The molecule has 1 aromatic rings. The van der Waals surface area contributed by atoms with Gasteiger partial charge in [-0.05, 0) is 63.3 Å². The first kappa shape index (κ1) is 15.1. The lowest BCUT2D eigenvalue weighted by Crippen LogP contribution is -2.29. The van der Waals surface area contributed by atoms with Crippen LogP contribution in [0, 0.1) is 5.92 Å². The van der Waals surface area contributed by atoms with Crippen LogP contribution in [0.5, 0.6) is 11.5 Å². The zero-order chi connectivity index (χ0) is 14.5. The Kier molecular flexibility index (Phi) is 5.26. The maximum absolute atomic E-state index is 9.94. The number of aliphatic hydroxyl groups excluding tert-OH is 1. The molecule has 0 saturated heterocycles. The van der Waals surface area contributed by atoms with E-state index >= 15 is 0 Å². The van der Waals surface area contributed by atoms with Gasteiger partial charge in [-0.1, -0.05) is 0 Å². The molecule has 1 fully saturated rings. The number of nitrogens with one attached hydrogen (secondary N) is 1. The molecule has 4 nitrogen and oxygen atoms in total. The van der Waals surface area contributed by atoms with E-state index < -0.39 is 0 Å². The van der Waals surface area contributed by atoms with Crippen LogP contribution in [0.1, 0.15) is 44.2 Å². The van der Waals surface area contributed by atoms with Gasteiger partial charge in [-0.25, -0.2) is 0 Å². The third kappa shape index (κ3) is 3.87. The first-order chi connectivity index (χ1) is 9.60. The first-order valence-corrected chi connectivity index (χ1v) is 7.38. The number of ether oxygens (including phenoxy) is 1. The second kappa shape index (κ2) is 6.95. The topological polar surface area (TPSA) is 61.7 Å². The molecule has 0 aliphatic heterocycles. The zero-order valence-corrected chi connectivity index (χ0v) is 12.3. The lowest BCUT2D eigenvalue weighted by Gasteiger charge is -2.27. The van der Waals surface area contributed by atoms with Crippen molar-refractivity contribution in [2.24, 2.45) is 5.92 Å². The van der Waals surface area contributed by atoms with E-state index in [9.17, 15) is 10.2 Å². The number of aromatic hydroxyl groups is 1. The van der Waals surface area contributed by atoms with Gasteiger partial charge in [-0.15, -0.1) is 0 Å². The third-order valence-corrected chi connectivity index (χ3v) is 4.23. The van der Waals surface area contributed by atoms with Crippen LogP contribution < -0.4 is 10.1 Å². The van der Waals surface area contributed by atoms with Crippen molar-refractivity contribution in [1.29, 1.82) is 0 Å². The predicted octanol–water partition coefficient (Wildman–Crippen LogP) is 2.60. The Labute approximate surface area is 120 Å². The van der Waals surface area contributed by atoms with Crippen LogP contribution in [-0.2, 0) is 0 Å². The molecular weight excluding hydrogens is 254 g/mol. The highest BCUT2D eigenvalue weighted by atomic mass is 16.5. The molecule has 112 valence electrons. The fourth-order valence-corrected chi connectivity index (χ4v) is 2.81. The van der Waals surface area contributed by atoms with Gasteiger partial charge in [0.05, 0.1) is 13.2 Å². The van der Waals surface area contributed by atoms with E-state index in [4.69, 9.17) is 4.74 Å². The van der Waals surface area contributed by atoms with Gasteiger partial charge in [0.25, 0.3) is 0 Å². The number of rotatable bonds is 5. The van der Waals surface area contributed by atoms with Crippen LogP contribution in [0.3, 0.4) is 0 Å². The summed E-state index contributed by atoms with van der Waals surface area (Å²) in [6.45, 7) is 2.97. The van der Waals surface area contributed by atoms with Crippen molar-refractivity contribution in [1.82, 2.24) is 5.32 Å². The van der Waals surface area contributed by atoms with Crippen LogP contribution in [0.2, 0.25) is 0 Å². The van der Waals surface area contributed by atoms with Crippen LogP contribution in [0.15, 0.2) is 18.2 Å². The number of hydrogen-bond donors (Lipinski definition) is 3. The maximum atomic E-state index is 9.94. The Balaban J connectivity index is 1.89. The average Bonchev–Trinajstić information content (AvgIpc) is 2.47. The largest absolute Gasteiger partial charge is 0.508 e. The van der Waals surface area contributed by atoms with Gasteiger partial charge >= 0.3 is 0 Å². The third-order valence-electron chi connectivity index (χ3n) is 4.23. The Morgan fingerprint density at radius 1 is 1.30 bits per heavy atom. The van der Waals surface area contributed by atoms with E-state index in [0.717, 1.165) is 43.5 Å². The summed E-state index contributed by atoms with van der Waals surface area (Å²) in [6.07, 6.45) is 3.86. The first-order valence-electron chi connectivity index (χ1n) is 7.38. The lowest BCUT2D eigenvalue weighted by molar-refractivity contribution is 0.107. The van der Waals surface area contributed by atoms with Crippen molar-refractivity contribution in [2.45, 2.75) is 44.8 Å². The second-order valence-corrected chi connectivity index (χ2v) is 5.73. The number of hydrogen-bond acceptors (Lipinski definition) is 4. The minimum atomic E-state index is -0.105. The molecule has 1 saturated carbocycles.